The van der Waals surface area contributed by atoms with Gasteiger partial charge < -0.3 is 20.4 Å². The van der Waals surface area contributed by atoms with Gasteiger partial charge in [0, 0.05) is 44.3 Å². The van der Waals surface area contributed by atoms with Gasteiger partial charge in [-0.3, -0.25) is 4.79 Å². The molecular formula is C18H29FN4O. The van der Waals surface area contributed by atoms with Crippen LogP contribution in [0.2, 0.25) is 0 Å². The van der Waals surface area contributed by atoms with E-state index in [-0.39, 0.29) is 17.8 Å². The lowest BCUT2D eigenvalue weighted by Gasteiger charge is -2.35. The van der Waals surface area contributed by atoms with E-state index >= 15 is 0 Å². The molecule has 0 aliphatic carbocycles. The number of likely N-dealkylation sites (N-methyl/N-ethyl adjacent to an activating group) is 2. The summed E-state index contributed by atoms with van der Waals surface area (Å²) in [4.78, 5) is 16.6. The molecule has 0 aromatic heterocycles. The third kappa shape index (κ3) is 4.92. The summed E-state index contributed by atoms with van der Waals surface area (Å²) >= 11 is 0. The van der Waals surface area contributed by atoms with Gasteiger partial charge in [0.1, 0.15) is 5.82 Å². The molecule has 1 aromatic rings. The lowest BCUT2D eigenvalue weighted by atomic mass is 10.1. The summed E-state index contributed by atoms with van der Waals surface area (Å²) in [5.74, 6) is -0.562. The van der Waals surface area contributed by atoms with Crippen molar-refractivity contribution in [2.75, 3.05) is 50.7 Å². The standard InChI is InChI=1S/C18H29FN4O/c1-4-20-14(3)13-21-18(24)15-6-7-17(16(19)12-15)23-10-8-22(5-2)9-11-23/h6-7,12,14,20H,4-5,8-11,13H2,1-3H3,(H,21,24)/t14-/m1/s1. The molecule has 1 heterocycles. The minimum Gasteiger partial charge on any atom is -0.367 e. The number of anilines is 1. The fraction of sp³-hybridized carbons (Fsp3) is 0.611. The van der Waals surface area contributed by atoms with Gasteiger partial charge >= 0.3 is 0 Å². The largest absolute Gasteiger partial charge is 0.367 e. The molecule has 1 atom stereocenters. The fourth-order valence-corrected chi connectivity index (χ4v) is 2.98. The monoisotopic (exact) mass is 336 g/mol. The highest BCUT2D eigenvalue weighted by Crippen LogP contribution is 2.22. The minimum atomic E-state index is -0.327. The van der Waals surface area contributed by atoms with Crippen molar-refractivity contribution in [1.82, 2.24) is 15.5 Å². The Balaban J connectivity index is 1.95. The summed E-state index contributed by atoms with van der Waals surface area (Å²) in [6.07, 6.45) is 0. The van der Waals surface area contributed by atoms with Crippen LogP contribution in [0.4, 0.5) is 10.1 Å². The van der Waals surface area contributed by atoms with Gasteiger partial charge in [-0.25, -0.2) is 4.39 Å². The second-order valence-corrected chi connectivity index (χ2v) is 6.26. The van der Waals surface area contributed by atoms with E-state index in [9.17, 15) is 9.18 Å². The average Bonchev–Trinajstić information content (AvgIpc) is 2.60. The quantitative estimate of drug-likeness (QED) is 0.796. The number of hydrogen-bond donors (Lipinski definition) is 2. The van der Waals surface area contributed by atoms with Crippen molar-refractivity contribution < 1.29 is 9.18 Å². The highest BCUT2D eigenvalue weighted by molar-refractivity contribution is 5.94. The summed E-state index contributed by atoms with van der Waals surface area (Å²) in [6.45, 7) is 12.1. The molecular weight excluding hydrogens is 307 g/mol. The van der Waals surface area contributed by atoms with Crippen LogP contribution in [0.1, 0.15) is 31.1 Å². The molecule has 0 bridgehead atoms. The summed E-state index contributed by atoms with van der Waals surface area (Å²) in [5.41, 5.74) is 0.954. The van der Waals surface area contributed by atoms with Crippen molar-refractivity contribution >= 4 is 11.6 Å². The lowest BCUT2D eigenvalue weighted by Crippen LogP contribution is -2.46. The van der Waals surface area contributed by atoms with Crippen molar-refractivity contribution in [3.63, 3.8) is 0 Å². The molecule has 2 rings (SSSR count). The first-order valence-corrected chi connectivity index (χ1v) is 8.83. The van der Waals surface area contributed by atoms with Crippen molar-refractivity contribution in [3.05, 3.63) is 29.6 Å². The zero-order valence-corrected chi connectivity index (χ0v) is 14.9. The smallest absolute Gasteiger partial charge is 0.251 e. The SMILES string of the molecule is CCN[C@H](C)CNC(=O)c1ccc(N2CCN(CC)CC2)c(F)c1. The molecule has 1 saturated heterocycles. The number of carbonyl (C=O) groups excluding carboxylic acids is 1. The molecule has 1 aliphatic heterocycles. The van der Waals surface area contributed by atoms with E-state index in [1.54, 1.807) is 12.1 Å². The maximum Gasteiger partial charge on any atom is 0.251 e. The number of hydrogen-bond acceptors (Lipinski definition) is 4. The van der Waals surface area contributed by atoms with E-state index in [0.717, 1.165) is 39.3 Å². The maximum atomic E-state index is 14.4. The van der Waals surface area contributed by atoms with Crippen LogP contribution in [0.3, 0.4) is 0 Å². The molecule has 2 N–H and O–H groups in total. The number of nitrogens with zero attached hydrogens (tertiary/aromatic N) is 2. The van der Waals surface area contributed by atoms with Gasteiger partial charge in [0.05, 0.1) is 5.69 Å². The first kappa shape index (κ1) is 18.7. The number of nitrogens with one attached hydrogen (secondary N) is 2. The summed E-state index contributed by atoms with van der Waals surface area (Å²) in [6, 6.07) is 4.96. The highest BCUT2D eigenvalue weighted by Gasteiger charge is 2.19. The molecule has 0 saturated carbocycles. The van der Waals surface area contributed by atoms with Crippen LogP contribution in [0, 0.1) is 5.82 Å². The summed E-state index contributed by atoms with van der Waals surface area (Å²) in [5, 5.41) is 6.06. The van der Waals surface area contributed by atoms with E-state index in [2.05, 4.69) is 27.4 Å². The zero-order valence-electron chi connectivity index (χ0n) is 14.9. The first-order valence-electron chi connectivity index (χ1n) is 8.83. The Hall–Kier alpha value is -1.66. The molecule has 6 heteroatoms. The number of carbonyl (C=O) groups is 1. The van der Waals surface area contributed by atoms with Crippen molar-refractivity contribution in [2.45, 2.75) is 26.8 Å². The molecule has 1 amide bonds. The minimum absolute atomic E-state index is 0.193. The van der Waals surface area contributed by atoms with E-state index < -0.39 is 0 Å². The molecule has 0 spiro atoms. The number of benzene rings is 1. The average molecular weight is 336 g/mol. The second-order valence-electron chi connectivity index (χ2n) is 6.26. The number of rotatable bonds is 7. The van der Waals surface area contributed by atoms with Gasteiger partial charge in [-0.2, -0.15) is 0 Å². The molecule has 134 valence electrons. The van der Waals surface area contributed by atoms with Crippen LogP contribution >= 0.6 is 0 Å². The first-order chi connectivity index (χ1) is 11.5. The van der Waals surface area contributed by atoms with E-state index in [1.807, 2.05) is 13.8 Å². The maximum absolute atomic E-state index is 14.4. The predicted octanol–water partition coefficient (Wildman–Crippen LogP) is 1.70. The summed E-state index contributed by atoms with van der Waals surface area (Å²) in [7, 11) is 0. The third-order valence-electron chi connectivity index (χ3n) is 4.49. The number of halogens is 1. The van der Waals surface area contributed by atoms with E-state index in [0.29, 0.717) is 17.8 Å². The molecule has 24 heavy (non-hydrogen) atoms. The number of piperazine rings is 1. The van der Waals surface area contributed by atoms with Crippen LogP contribution in [-0.4, -0.2) is 62.7 Å². The van der Waals surface area contributed by atoms with Crippen molar-refractivity contribution in [1.29, 1.82) is 0 Å². The lowest BCUT2D eigenvalue weighted by molar-refractivity contribution is 0.0950. The highest BCUT2D eigenvalue weighted by atomic mass is 19.1. The Bertz CT molecular complexity index is 544. The van der Waals surface area contributed by atoms with Crippen LogP contribution < -0.4 is 15.5 Å². The van der Waals surface area contributed by atoms with Crippen LogP contribution in [-0.2, 0) is 0 Å². The van der Waals surface area contributed by atoms with Crippen molar-refractivity contribution in [3.8, 4) is 0 Å². The molecule has 0 radical (unpaired) electrons. The van der Waals surface area contributed by atoms with Gasteiger partial charge in [0.15, 0.2) is 0 Å². The molecule has 0 unspecified atom stereocenters. The number of amides is 1. The normalized spacial score (nSPS) is 16.9. The van der Waals surface area contributed by atoms with E-state index in [4.69, 9.17) is 0 Å². The zero-order chi connectivity index (χ0) is 17.5. The molecule has 1 aromatic carbocycles. The van der Waals surface area contributed by atoms with Gasteiger partial charge in [-0.1, -0.05) is 13.8 Å². The summed E-state index contributed by atoms with van der Waals surface area (Å²) < 4.78 is 14.4. The van der Waals surface area contributed by atoms with Crippen molar-refractivity contribution in [2.24, 2.45) is 0 Å². The predicted molar refractivity (Wildman–Crippen MR) is 96.2 cm³/mol. The topological polar surface area (TPSA) is 47.6 Å². The van der Waals surface area contributed by atoms with Crippen LogP contribution in [0.5, 0.6) is 0 Å². The van der Waals surface area contributed by atoms with E-state index in [1.165, 1.54) is 6.07 Å². The van der Waals surface area contributed by atoms with Gasteiger partial charge in [-0.15, -0.1) is 0 Å². The second kappa shape index (κ2) is 8.99. The van der Waals surface area contributed by atoms with Crippen LogP contribution in [0.15, 0.2) is 18.2 Å². The Labute approximate surface area is 144 Å². The molecule has 1 fully saturated rings. The third-order valence-corrected chi connectivity index (χ3v) is 4.49. The Morgan fingerprint density at radius 1 is 1.25 bits per heavy atom. The Morgan fingerprint density at radius 3 is 2.54 bits per heavy atom. The van der Waals surface area contributed by atoms with Gasteiger partial charge in [0.2, 0.25) is 0 Å². The molecule has 1 aliphatic rings. The fourth-order valence-electron chi connectivity index (χ4n) is 2.98. The Kier molecular flexibility index (Phi) is 6.99. The van der Waals surface area contributed by atoms with Gasteiger partial charge in [-0.05, 0) is 38.2 Å². The van der Waals surface area contributed by atoms with Crippen LogP contribution in [0.25, 0.3) is 0 Å². The molecule has 5 nitrogen and oxygen atoms in total. The Morgan fingerprint density at radius 2 is 1.96 bits per heavy atom. The van der Waals surface area contributed by atoms with Gasteiger partial charge in [0.25, 0.3) is 5.91 Å².